The van der Waals surface area contributed by atoms with Crippen molar-refractivity contribution in [1.29, 1.82) is 0 Å². The summed E-state index contributed by atoms with van der Waals surface area (Å²) in [5.41, 5.74) is 1.27. The Bertz CT molecular complexity index is 396. The summed E-state index contributed by atoms with van der Waals surface area (Å²) < 4.78 is 1.11. The SMILES string of the molecule is CC1CCN(c2ccc(Br)cc2)CC(CCO)N1C. The van der Waals surface area contributed by atoms with E-state index in [9.17, 15) is 5.11 Å². The molecule has 2 rings (SSSR count). The Balaban J connectivity index is 2.14. The maximum absolute atomic E-state index is 9.26. The third-order valence-electron chi connectivity index (χ3n) is 4.17. The Morgan fingerprint density at radius 3 is 2.63 bits per heavy atom. The first-order valence-corrected chi connectivity index (χ1v) is 7.74. The molecule has 19 heavy (non-hydrogen) atoms. The van der Waals surface area contributed by atoms with Crippen LogP contribution in [0, 0.1) is 0 Å². The number of rotatable bonds is 3. The highest BCUT2D eigenvalue weighted by molar-refractivity contribution is 9.10. The van der Waals surface area contributed by atoms with Gasteiger partial charge in [0.05, 0.1) is 0 Å². The van der Waals surface area contributed by atoms with Gasteiger partial charge in [0.25, 0.3) is 0 Å². The maximum atomic E-state index is 9.26. The van der Waals surface area contributed by atoms with E-state index in [0.29, 0.717) is 12.1 Å². The minimum absolute atomic E-state index is 0.260. The molecule has 0 aliphatic carbocycles. The van der Waals surface area contributed by atoms with Gasteiger partial charge in [0.2, 0.25) is 0 Å². The highest BCUT2D eigenvalue weighted by Crippen LogP contribution is 2.23. The lowest BCUT2D eigenvalue weighted by atomic mass is 10.1. The van der Waals surface area contributed by atoms with Gasteiger partial charge in [0.15, 0.2) is 0 Å². The van der Waals surface area contributed by atoms with Gasteiger partial charge in [-0.05, 0) is 51.1 Å². The van der Waals surface area contributed by atoms with Crippen molar-refractivity contribution in [2.45, 2.75) is 31.8 Å². The molecule has 1 aromatic rings. The highest BCUT2D eigenvalue weighted by Gasteiger charge is 2.26. The fourth-order valence-corrected chi connectivity index (χ4v) is 2.98. The van der Waals surface area contributed by atoms with Crippen LogP contribution in [0.5, 0.6) is 0 Å². The molecule has 0 spiro atoms. The molecular weight excluding hydrogens is 304 g/mol. The zero-order chi connectivity index (χ0) is 13.8. The lowest BCUT2D eigenvalue weighted by molar-refractivity contribution is 0.159. The molecule has 1 aliphatic rings. The molecule has 1 aromatic carbocycles. The van der Waals surface area contributed by atoms with Gasteiger partial charge in [-0.2, -0.15) is 0 Å². The van der Waals surface area contributed by atoms with Gasteiger partial charge in [-0.25, -0.2) is 0 Å². The molecule has 3 nitrogen and oxygen atoms in total. The second kappa shape index (κ2) is 6.73. The molecule has 0 radical (unpaired) electrons. The van der Waals surface area contributed by atoms with Crippen LogP contribution >= 0.6 is 15.9 Å². The Labute approximate surface area is 124 Å². The number of halogens is 1. The van der Waals surface area contributed by atoms with Gasteiger partial charge in [-0.15, -0.1) is 0 Å². The quantitative estimate of drug-likeness (QED) is 0.925. The van der Waals surface area contributed by atoms with Crippen molar-refractivity contribution in [2.75, 3.05) is 31.6 Å². The number of hydrogen-bond acceptors (Lipinski definition) is 3. The highest BCUT2D eigenvalue weighted by atomic mass is 79.9. The van der Waals surface area contributed by atoms with Crippen LogP contribution in [0.4, 0.5) is 5.69 Å². The predicted molar refractivity (Wildman–Crippen MR) is 83.7 cm³/mol. The molecule has 0 bridgehead atoms. The molecule has 1 saturated heterocycles. The van der Waals surface area contributed by atoms with E-state index in [2.05, 4.69) is 64.0 Å². The molecule has 1 N–H and O–H groups in total. The minimum atomic E-state index is 0.260. The Hall–Kier alpha value is -0.580. The average Bonchev–Trinajstić information content (AvgIpc) is 2.54. The molecule has 2 atom stereocenters. The number of likely N-dealkylation sites (N-methyl/N-ethyl adjacent to an activating group) is 1. The minimum Gasteiger partial charge on any atom is -0.396 e. The maximum Gasteiger partial charge on any atom is 0.0446 e. The van der Waals surface area contributed by atoms with Crippen LogP contribution in [0.25, 0.3) is 0 Å². The molecule has 1 heterocycles. The van der Waals surface area contributed by atoms with Crippen molar-refractivity contribution in [2.24, 2.45) is 0 Å². The van der Waals surface area contributed by atoms with E-state index >= 15 is 0 Å². The third kappa shape index (κ3) is 3.71. The van der Waals surface area contributed by atoms with E-state index in [4.69, 9.17) is 0 Å². The summed E-state index contributed by atoms with van der Waals surface area (Å²) in [4.78, 5) is 4.85. The summed E-state index contributed by atoms with van der Waals surface area (Å²) in [5, 5.41) is 9.26. The topological polar surface area (TPSA) is 26.7 Å². The first-order valence-electron chi connectivity index (χ1n) is 6.95. The molecule has 1 fully saturated rings. The van der Waals surface area contributed by atoms with Gasteiger partial charge >= 0.3 is 0 Å². The van der Waals surface area contributed by atoms with Crippen LogP contribution in [0.2, 0.25) is 0 Å². The monoisotopic (exact) mass is 326 g/mol. The summed E-state index contributed by atoms with van der Waals surface area (Å²) in [6.45, 7) is 4.60. The summed E-state index contributed by atoms with van der Waals surface area (Å²) in [7, 11) is 2.18. The standard InChI is InChI=1S/C15H23BrN2O/c1-12-7-9-18(11-15(8-10-19)17(12)2)14-5-3-13(16)4-6-14/h3-6,12,15,19H,7-11H2,1-2H3. The fraction of sp³-hybridized carbons (Fsp3) is 0.600. The molecule has 106 valence electrons. The largest absolute Gasteiger partial charge is 0.396 e. The van der Waals surface area contributed by atoms with Crippen LogP contribution in [-0.2, 0) is 0 Å². The number of benzene rings is 1. The Morgan fingerprint density at radius 2 is 2.00 bits per heavy atom. The second-order valence-corrected chi connectivity index (χ2v) is 6.31. The summed E-state index contributed by atoms with van der Waals surface area (Å²) in [5.74, 6) is 0. The molecule has 0 aromatic heterocycles. The van der Waals surface area contributed by atoms with Gasteiger partial charge in [-0.1, -0.05) is 15.9 Å². The summed E-state index contributed by atoms with van der Waals surface area (Å²) in [6, 6.07) is 9.50. The average molecular weight is 327 g/mol. The number of hydrogen-bond donors (Lipinski definition) is 1. The van der Waals surface area contributed by atoms with Gasteiger partial charge in [-0.3, -0.25) is 4.90 Å². The number of aliphatic hydroxyl groups is 1. The lowest BCUT2D eigenvalue weighted by Crippen LogP contribution is -2.42. The Kier molecular flexibility index (Phi) is 5.25. The first kappa shape index (κ1) is 14.8. The van der Waals surface area contributed by atoms with Crippen molar-refractivity contribution in [3.8, 4) is 0 Å². The van der Waals surface area contributed by atoms with E-state index in [-0.39, 0.29) is 6.61 Å². The first-order chi connectivity index (χ1) is 9.11. The molecule has 0 saturated carbocycles. The smallest absolute Gasteiger partial charge is 0.0446 e. The molecular formula is C15H23BrN2O. The zero-order valence-corrected chi connectivity index (χ0v) is 13.3. The molecule has 2 unspecified atom stereocenters. The lowest BCUT2D eigenvalue weighted by Gasteiger charge is -2.31. The van der Waals surface area contributed by atoms with E-state index in [1.807, 2.05) is 0 Å². The second-order valence-electron chi connectivity index (χ2n) is 5.39. The van der Waals surface area contributed by atoms with Crippen LogP contribution in [-0.4, -0.2) is 48.8 Å². The fourth-order valence-electron chi connectivity index (χ4n) is 2.71. The normalized spacial score (nSPS) is 25.4. The van der Waals surface area contributed by atoms with E-state index in [0.717, 1.165) is 30.4 Å². The van der Waals surface area contributed by atoms with Crippen LogP contribution < -0.4 is 4.90 Å². The van der Waals surface area contributed by atoms with E-state index < -0.39 is 0 Å². The van der Waals surface area contributed by atoms with Crippen molar-refractivity contribution < 1.29 is 5.11 Å². The number of anilines is 1. The van der Waals surface area contributed by atoms with Crippen LogP contribution in [0.1, 0.15) is 19.8 Å². The van der Waals surface area contributed by atoms with Crippen molar-refractivity contribution in [3.63, 3.8) is 0 Å². The van der Waals surface area contributed by atoms with Crippen LogP contribution in [0.15, 0.2) is 28.7 Å². The third-order valence-corrected chi connectivity index (χ3v) is 4.70. The molecule has 0 amide bonds. The molecule has 1 aliphatic heterocycles. The predicted octanol–water partition coefficient (Wildman–Crippen LogP) is 2.73. The summed E-state index contributed by atoms with van der Waals surface area (Å²) in [6.07, 6.45) is 2.00. The van der Waals surface area contributed by atoms with Gasteiger partial charge in [0, 0.05) is 41.9 Å². The summed E-state index contributed by atoms with van der Waals surface area (Å²) >= 11 is 3.48. The van der Waals surface area contributed by atoms with Gasteiger partial charge < -0.3 is 10.0 Å². The molecule has 4 heteroatoms. The van der Waals surface area contributed by atoms with Crippen molar-refractivity contribution in [3.05, 3.63) is 28.7 Å². The number of nitrogens with zero attached hydrogens (tertiary/aromatic N) is 2. The van der Waals surface area contributed by atoms with Gasteiger partial charge in [0.1, 0.15) is 0 Å². The van der Waals surface area contributed by atoms with E-state index in [1.54, 1.807) is 0 Å². The van der Waals surface area contributed by atoms with Crippen molar-refractivity contribution in [1.82, 2.24) is 4.90 Å². The zero-order valence-electron chi connectivity index (χ0n) is 11.7. The number of aliphatic hydroxyl groups excluding tert-OH is 1. The van der Waals surface area contributed by atoms with E-state index in [1.165, 1.54) is 5.69 Å². The van der Waals surface area contributed by atoms with Crippen molar-refractivity contribution >= 4 is 21.6 Å². The Morgan fingerprint density at radius 1 is 1.32 bits per heavy atom. The van der Waals surface area contributed by atoms with Crippen LogP contribution in [0.3, 0.4) is 0 Å².